The van der Waals surface area contributed by atoms with Crippen LogP contribution in [0.4, 0.5) is 0 Å². The molecular weight excluding hydrogens is 368 g/mol. The fourth-order valence-electron chi connectivity index (χ4n) is 3.59. The van der Waals surface area contributed by atoms with Crippen molar-refractivity contribution in [3.05, 3.63) is 23.3 Å². The van der Waals surface area contributed by atoms with E-state index in [1.54, 1.807) is 5.57 Å². The molecule has 0 N–H and O–H groups in total. The van der Waals surface area contributed by atoms with Gasteiger partial charge in [-0.25, -0.2) is 0 Å². The highest BCUT2D eigenvalue weighted by atomic mass is 16.7. The Morgan fingerprint density at radius 1 is 0.767 bits per heavy atom. The van der Waals surface area contributed by atoms with Gasteiger partial charge in [0.15, 0.2) is 5.79 Å². The Labute approximate surface area is 189 Å². The molecule has 0 aliphatic rings. The molecule has 0 amide bonds. The van der Waals surface area contributed by atoms with Crippen molar-refractivity contribution in [1.82, 2.24) is 0 Å². The molecule has 0 bridgehead atoms. The zero-order valence-corrected chi connectivity index (χ0v) is 21.7. The average Bonchev–Trinajstić information content (AvgIpc) is 2.68. The molecule has 0 unspecified atom stereocenters. The van der Waals surface area contributed by atoms with Crippen molar-refractivity contribution in [3.63, 3.8) is 0 Å². The molecule has 2 nitrogen and oxygen atoms in total. The number of rotatable bonds is 20. The first-order valence-electron chi connectivity index (χ1n) is 12.9. The average molecular weight is 423 g/mol. The number of allylic oxidation sites excluding steroid dienone is 4. The fraction of sp³-hybridized carbons (Fsp3) is 0.857. The number of hydrogen-bond acceptors (Lipinski definition) is 2. The Balaban J connectivity index is 4.35. The third-order valence-corrected chi connectivity index (χ3v) is 5.79. The lowest BCUT2D eigenvalue weighted by Gasteiger charge is -2.30. The lowest BCUT2D eigenvalue weighted by Crippen LogP contribution is -2.33. The molecule has 0 aromatic carbocycles. The molecule has 0 rings (SSSR count). The summed E-state index contributed by atoms with van der Waals surface area (Å²) < 4.78 is 12.4. The lowest BCUT2D eigenvalue weighted by atomic mass is 10.0. The molecule has 0 spiro atoms. The standard InChI is InChI=1S/C28H54O2/c1-8-10-12-23-29-28(7,30-24-13-11-9-2)22-16-21-27(6)20-15-19-26(5)18-14-17-25(3)4/h19,21,25H,8-18,20,22-24H2,1-7H3. The van der Waals surface area contributed by atoms with Crippen LogP contribution in [0.1, 0.15) is 132 Å². The van der Waals surface area contributed by atoms with E-state index in [4.69, 9.17) is 9.47 Å². The van der Waals surface area contributed by atoms with Crippen LogP contribution in [0.2, 0.25) is 0 Å². The molecule has 0 saturated carbocycles. The molecule has 30 heavy (non-hydrogen) atoms. The van der Waals surface area contributed by atoms with E-state index in [1.807, 2.05) is 0 Å². The summed E-state index contributed by atoms with van der Waals surface area (Å²) in [4.78, 5) is 0. The quantitative estimate of drug-likeness (QED) is 0.110. The van der Waals surface area contributed by atoms with E-state index >= 15 is 0 Å². The van der Waals surface area contributed by atoms with Gasteiger partial charge < -0.3 is 9.47 Å². The number of ether oxygens (including phenoxy) is 2. The van der Waals surface area contributed by atoms with Gasteiger partial charge in [-0.3, -0.25) is 0 Å². The SMILES string of the molecule is CCCCCOC(C)(CCC=C(C)CCC=C(C)CCCC(C)C)OCCCCC. The van der Waals surface area contributed by atoms with E-state index in [1.165, 1.54) is 50.5 Å². The van der Waals surface area contributed by atoms with E-state index in [0.717, 1.165) is 57.7 Å². The van der Waals surface area contributed by atoms with Gasteiger partial charge in [-0.2, -0.15) is 0 Å². The lowest BCUT2D eigenvalue weighted by molar-refractivity contribution is -0.229. The van der Waals surface area contributed by atoms with E-state index in [2.05, 4.69) is 60.6 Å². The van der Waals surface area contributed by atoms with Crippen LogP contribution in [0.3, 0.4) is 0 Å². The minimum Gasteiger partial charge on any atom is -0.350 e. The van der Waals surface area contributed by atoms with Crippen LogP contribution in [0.5, 0.6) is 0 Å². The van der Waals surface area contributed by atoms with Gasteiger partial charge in [0, 0.05) is 6.42 Å². The minimum atomic E-state index is -0.439. The van der Waals surface area contributed by atoms with Crippen molar-refractivity contribution in [1.29, 1.82) is 0 Å². The van der Waals surface area contributed by atoms with Gasteiger partial charge in [-0.1, -0.05) is 83.1 Å². The molecule has 0 radical (unpaired) electrons. The molecule has 178 valence electrons. The van der Waals surface area contributed by atoms with Crippen LogP contribution < -0.4 is 0 Å². The third kappa shape index (κ3) is 18.2. The Morgan fingerprint density at radius 3 is 1.83 bits per heavy atom. The predicted octanol–water partition coefficient (Wildman–Crippen LogP) is 9.40. The van der Waals surface area contributed by atoms with Crippen LogP contribution >= 0.6 is 0 Å². The molecule has 0 aromatic heterocycles. The van der Waals surface area contributed by atoms with Gasteiger partial charge in [-0.15, -0.1) is 0 Å². The molecule has 0 atom stereocenters. The molecule has 0 heterocycles. The smallest absolute Gasteiger partial charge is 0.165 e. The molecular formula is C28H54O2. The molecule has 0 aliphatic heterocycles. The largest absolute Gasteiger partial charge is 0.350 e. The van der Waals surface area contributed by atoms with Crippen molar-refractivity contribution in [2.24, 2.45) is 5.92 Å². The van der Waals surface area contributed by atoms with E-state index in [-0.39, 0.29) is 0 Å². The van der Waals surface area contributed by atoms with Gasteiger partial charge in [0.2, 0.25) is 0 Å². The van der Waals surface area contributed by atoms with Gasteiger partial charge in [0.1, 0.15) is 0 Å². The second-order valence-corrected chi connectivity index (χ2v) is 9.71. The highest BCUT2D eigenvalue weighted by Gasteiger charge is 2.24. The maximum Gasteiger partial charge on any atom is 0.165 e. The zero-order chi connectivity index (χ0) is 22.7. The first-order valence-corrected chi connectivity index (χ1v) is 12.9. The summed E-state index contributed by atoms with van der Waals surface area (Å²) in [5.41, 5.74) is 3.04. The molecule has 0 aliphatic carbocycles. The van der Waals surface area contributed by atoms with Crippen molar-refractivity contribution in [2.45, 2.75) is 138 Å². The maximum atomic E-state index is 6.20. The Kier molecular flexibility index (Phi) is 18.7. The number of unbranched alkanes of at least 4 members (excludes halogenated alkanes) is 4. The summed E-state index contributed by atoms with van der Waals surface area (Å²) in [6, 6.07) is 0. The van der Waals surface area contributed by atoms with Gasteiger partial charge >= 0.3 is 0 Å². The summed E-state index contributed by atoms with van der Waals surface area (Å²) in [5.74, 6) is 0.380. The van der Waals surface area contributed by atoms with Gasteiger partial charge in [-0.05, 0) is 71.6 Å². The maximum absolute atomic E-state index is 6.20. The Morgan fingerprint density at radius 2 is 1.30 bits per heavy atom. The van der Waals surface area contributed by atoms with Crippen LogP contribution in [0.25, 0.3) is 0 Å². The summed E-state index contributed by atoms with van der Waals surface area (Å²) in [7, 11) is 0. The number of hydrogen-bond donors (Lipinski definition) is 0. The topological polar surface area (TPSA) is 18.5 Å². The normalized spacial score (nSPS) is 13.5. The van der Waals surface area contributed by atoms with Crippen LogP contribution in [-0.4, -0.2) is 19.0 Å². The zero-order valence-electron chi connectivity index (χ0n) is 21.7. The third-order valence-electron chi connectivity index (χ3n) is 5.79. The van der Waals surface area contributed by atoms with Crippen molar-refractivity contribution in [3.8, 4) is 0 Å². The first-order chi connectivity index (χ1) is 14.3. The second-order valence-electron chi connectivity index (χ2n) is 9.71. The highest BCUT2D eigenvalue weighted by Crippen LogP contribution is 2.23. The first kappa shape index (κ1) is 29.4. The molecule has 0 fully saturated rings. The summed E-state index contributed by atoms with van der Waals surface area (Å²) in [6.07, 6.45) is 20.2. The summed E-state index contributed by atoms with van der Waals surface area (Å²) >= 11 is 0. The van der Waals surface area contributed by atoms with Crippen molar-refractivity contribution < 1.29 is 9.47 Å². The van der Waals surface area contributed by atoms with Crippen molar-refractivity contribution >= 4 is 0 Å². The van der Waals surface area contributed by atoms with Crippen LogP contribution in [-0.2, 0) is 9.47 Å². The van der Waals surface area contributed by atoms with Crippen LogP contribution in [0.15, 0.2) is 23.3 Å². The van der Waals surface area contributed by atoms with Crippen molar-refractivity contribution in [2.75, 3.05) is 13.2 Å². The minimum absolute atomic E-state index is 0.439. The van der Waals surface area contributed by atoms with E-state index in [0.29, 0.717) is 0 Å². The predicted molar refractivity (Wildman–Crippen MR) is 134 cm³/mol. The molecule has 0 saturated heterocycles. The summed E-state index contributed by atoms with van der Waals surface area (Å²) in [5, 5.41) is 0. The Bertz CT molecular complexity index is 436. The molecule has 0 aromatic rings. The second kappa shape index (κ2) is 19.1. The van der Waals surface area contributed by atoms with E-state index in [9.17, 15) is 0 Å². The Hall–Kier alpha value is -0.600. The van der Waals surface area contributed by atoms with Gasteiger partial charge in [0.05, 0.1) is 13.2 Å². The highest BCUT2D eigenvalue weighted by molar-refractivity contribution is 5.03. The molecule has 2 heteroatoms. The fourth-order valence-corrected chi connectivity index (χ4v) is 3.59. The monoisotopic (exact) mass is 422 g/mol. The van der Waals surface area contributed by atoms with Gasteiger partial charge in [0.25, 0.3) is 0 Å². The summed E-state index contributed by atoms with van der Waals surface area (Å²) in [6.45, 7) is 17.4. The van der Waals surface area contributed by atoms with Crippen LogP contribution in [0, 0.1) is 5.92 Å². The van der Waals surface area contributed by atoms with E-state index < -0.39 is 5.79 Å².